The maximum absolute atomic E-state index is 12.1. The van der Waals surface area contributed by atoms with Crippen molar-refractivity contribution in [3.8, 4) is 0 Å². The summed E-state index contributed by atoms with van der Waals surface area (Å²) in [5.74, 6) is -2.63. The number of aryl methyl sites for hydroxylation is 1. The Kier molecular flexibility index (Phi) is 6.67. The van der Waals surface area contributed by atoms with Crippen molar-refractivity contribution >= 4 is 40.8 Å². The van der Waals surface area contributed by atoms with Crippen molar-refractivity contribution in [3.63, 3.8) is 0 Å². The number of methoxy groups -OCH3 is 2. The van der Waals surface area contributed by atoms with Gasteiger partial charge < -0.3 is 19.5 Å². The van der Waals surface area contributed by atoms with E-state index < -0.39 is 30.4 Å². The van der Waals surface area contributed by atoms with Crippen LogP contribution in [0, 0.1) is 6.92 Å². The largest absolute Gasteiger partial charge is 0.465 e. The van der Waals surface area contributed by atoms with Gasteiger partial charge in [-0.1, -0.05) is 0 Å². The molecule has 0 saturated heterocycles. The van der Waals surface area contributed by atoms with Gasteiger partial charge in [-0.25, -0.2) is 14.4 Å². The van der Waals surface area contributed by atoms with Crippen LogP contribution in [0.3, 0.4) is 0 Å². The number of carbonyl (C=O) groups excluding carboxylic acids is 4. The lowest BCUT2D eigenvalue weighted by atomic mass is 10.1. The highest BCUT2D eigenvalue weighted by molar-refractivity contribution is 7.12. The molecule has 2 rings (SSSR count). The van der Waals surface area contributed by atoms with Crippen LogP contribution < -0.4 is 5.32 Å². The summed E-state index contributed by atoms with van der Waals surface area (Å²) in [6.45, 7) is 1.20. The molecular weight excluding hydrogens is 374 g/mol. The summed E-state index contributed by atoms with van der Waals surface area (Å²) in [4.78, 5) is 48.0. The quantitative estimate of drug-likeness (QED) is 0.595. The fourth-order valence-electron chi connectivity index (χ4n) is 2.15. The van der Waals surface area contributed by atoms with Crippen molar-refractivity contribution in [1.29, 1.82) is 0 Å². The van der Waals surface area contributed by atoms with Crippen LogP contribution in [0.2, 0.25) is 0 Å². The van der Waals surface area contributed by atoms with Crippen LogP contribution >= 0.6 is 11.3 Å². The van der Waals surface area contributed by atoms with E-state index in [0.29, 0.717) is 4.88 Å². The Labute approximate surface area is 159 Å². The van der Waals surface area contributed by atoms with Crippen molar-refractivity contribution in [1.82, 2.24) is 0 Å². The minimum atomic E-state index is -0.701. The second-order valence-electron chi connectivity index (χ2n) is 5.30. The monoisotopic (exact) mass is 391 g/mol. The SMILES string of the molecule is COC(=O)c1ccc(C(=O)OC)c(NC(=O)COC(=O)c2sccc2C)c1. The van der Waals surface area contributed by atoms with Crippen molar-refractivity contribution in [2.45, 2.75) is 6.92 Å². The van der Waals surface area contributed by atoms with Crippen LogP contribution in [0.25, 0.3) is 0 Å². The molecule has 0 aliphatic rings. The lowest BCUT2D eigenvalue weighted by molar-refractivity contribution is -0.119. The molecule has 1 aromatic carbocycles. The van der Waals surface area contributed by atoms with Crippen molar-refractivity contribution in [3.05, 3.63) is 51.2 Å². The molecule has 0 radical (unpaired) electrons. The third-order valence-electron chi connectivity index (χ3n) is 3.50. The van der Waals surface area contributed by atoms with E-state index in [2.05, 4.69) is 14.8 Å². The molecule has 1 aromatic heterocycles. The predicted octanol–water partition coefficient (Wildman–Crippen LogP) is 2.43. The number of amides is 1. The molecule has 9 heteroatoms. The number of thiophene rings is 1. The summed E-state index contributed by atoms with van der Waals surface area (Å²) >= 11 is 1.21. The average molecular weight is 391 g/mol. The highest BCUT2D eigenvalue weighted by Gasteiger charge is 2.19. The van der Waals surface area contributed by atoms with Gasteiger partial charge in [0.2, 0.25) is 0 Å². The molecule has 1 heterocycles. The number of rotatable bonds is 6. The van der Waals surface area contributed by atoms with E-state index in [-0.39, 0.29) is 16.8 Å². The summed E-state index contributed by atoms with van der Waals surface area (Å²) in [6.07, 6.45) is 0. The van der Waals surface area contributed by atoms with Crippen LogP contribution in [0.5, 0.6) is 0 Å². The Morgan fingerprint density at radius 3 is 2.30 bits per heavy atom. The smallest absolute Gasteiger partial charge is 0.349 e. The van der Waals surface area contributed by atoms with Crippen LogP contribution in [-0.2, 0) is 19.0 Å². The second-order valence-corrected chi connectivity index (χ2v) is 6.22. The lowest BCUT2D eigenvalue weighted by Gasteiger charge is -2.11. The molecule has 0 bridgehead atoms. The second kappa shape index (κ2) is 8.95. The van der Waals surface area contributed by atoms with Gasteiger partial charge in [0.1, 0.15) is 4.88 Å². The zero-order valence-electron chi connectivity index (χ0n) is 14.9. The first-order chi connectivity index (χ1) is 12.9. The summed E-state index contributed by atoms with van der Waals surface area (Å²) in [5.41, 5.74) is 0.966. The van der Waals surface area contributed by atoms with E-state index in [1.807, 2.05) is 0 Å². The first-order valence-electron chi connectivity index (χ1n) is 7.69. The number of carbonyl (C=O) groups is 4. The number of ether oxygens (including phenoxy) is 3. The van der Waals surface area contributed by atoms with E-state index >= 15 is 0 Å². The van der Waals surface area contributed by atoms with Crippen LogP contribution in [0.1, 0.15) is 36.0 Å². The average Bonchev–Trinajstić information content (AvgIpc) is 3.10. The summed E-state index contributed by atoms with van der Waals surface area (Å²) in [5, 5.41) is 4.18. The number of hydrogen-bond donors (Lipinski definition) is 1. The molecule has 0 saturated carbocycles. The van der Waals surface area contributed by atoms with E-state index in [4.69, 9.17) is 4.74 Å². The maximum Gasteiger partial charge on any atom is 0.349 e. The minimum absolute atomic E-state index is 0.0399. The third-order valence-corrected chi connectivity index (χ3v) is 4.50. The summed E-state index contributed by atoms with van der Waals surface area (Å²) < 4.78 is 14.3. The molecule has 0 unspecified atom stereocenters. The highest BCUT2D eigenvalue weighted by Crippen LogP contribution is 2.20. The zero-order valence-corrected chi connectivity index (χ0v) is 15.7. The van der Waals surface area contributed by atoms with Gasteiger partial charge >= 0.3 is 17.9 Å². The fourth-order valence-corrected chi connectivity index (χ4v) is 2.96. The third kappa shape index (κ3) is 4.91. The van der Waals surface area contributed by atoms with E-state index in [1.165, 1.54) is 43.8 Å². The van der Waals surface area contributed by atoms with Gasteiger partial charge in [-0.15, -0.1) is 11.3 Å². The molecule has 0 aliphatic heterocycles. The van der Waals surface area contributed by atoms with E-state index in [1.54, 1.807) is 18.4 Å². The minimum Gasteiger partial charge on any atom is -0.465 e. The Bertz CT molecular complexity index is 888. The van der Waals surface area contributed by atoms with Crippen molar-refractivity contribution in [2.75, 3.05) is 26.1 Å². The van der Waals surface area contributed by atoms with Gasteiger partial charge in [0, 0.05) is 0 Å². The Hall–Kier alpha value is -3.20. The molecule has 27 heavy (non-hydrogen) atoms. The summed E-state index contributed by atoms with van der Waals surface area (Å²) in [7, 11) is 2.40. The first-order valence-corrected chi connectivity index (χ1v) is 8.57. The molecule has 0 aliphatic carbocycles. The molecule has 0 spiro atoms. The Balaban J connectivity index is 2.12. The zero-order chi connectivity index (χ0) is 20.0. The number of esters is 3. The van der Waals surface area contributed by atoms with Gasteiger partial charge in [0.25, 0.3) is 5.91 Å². The maximum atomic E-state index is 12.1. The van der Waals surface area contributed by atoms with Crippen LogP contribution in [-0.4, -0.2) is 44.6 Å². The molecule has 1 amide bonds. The highest BCUT2D eigenvalue weighted by atomic mass is 32.1. The fraction of sp³-hybridized carbons (Fsp3) is 0.222. The van der Waals surface area contributed by atoms with Gasteiger partial charge in [-0.3, -0.25) is 4.79 Å². The molecule has 142 valence electrons. The first kappa shape index (κ1) is 20.1. The Morgan fingerprint density at radius 1 is 1.00 bits per heavy atom. The number of hydrogen-bond acceptors (Lipinski definition) is 8. The standard InChI is InChI=1S/C18H17NO7S/c1-10-6-7-27-15(10)18(23)26-9-14(20)19-13-8-11(16(21)24-2)4-5-12(13)17(22)25-3/h4-8H,9H2,1-3H3,(H,19,20). The molecule has 0 fully saturated rings. The molecule has 2 aromatic rings. The van der Waals surface area contributed by atoms with Gasteiger partial charge in [-0.2, -0.15) is 0 Å². The van der Waals surface area contributed by atoms with Crippen LogP contribution in [0.15, 0.2) is 29.6 Å². The number of benzene rings is 1. The molecule has 0 atom stereocenters. The van der Waals surface area contributed by atoms with Crippen molar-refractivity contribution in [2.24, 2.45) is 0 Å². The Morgan fingerprint density at radius 2 is 1.70 bits per heavy atom. The van der Waals surface area contributed by atoms with Gasteiger partial charge in [0.05, 0.1) is 31.0 Å². The number of anilines is 1. The topological polar surface area (TPSA) is 108 Å². The normalized spacial score (nSPS) is 10.0. The lowest BCUT2D eigenvalue weighted by Crippen LogP contribution is -2.22. The molecule has 8 nitrogen and oxygen atoms in total. The van der Waals surface area contributed by atoms with Crippen LogP contribution in [0.4, 0.5) is 5.69 Å². The number of nitrogens with one attached hydrogen (secondary N) is 1. The van der Waals surface area contributed by atoms with Crippen molar-refractivity contribution < 1.29 is 33.4 Å². The van der Waals surface area contributed by atoms with E-state index in [0.717, 1.165) is 5.56 Å². The predicted molar refractivity (Wildman–Crippen MR) is 97.1 cm³/mol. The molecular formula is C18H17NO7S. The van der Waals surface area contributed by atoms with Gasteiger partial charge in [-0.05, 0) is 42.1 Å². The van der Waals surface area contributed by atoms with Gasteiger partial charge in [0.15, 0.2) is 6.61 Å². The molecule has 1 N–H and O–H groups in total. The van der Waals surface area contributed by atoms with E-state index in [9.17, 15) is 19.2 Å². The summed E-state index contributed by atoms with van der Waals surface area (Å²) in [6, 6.07) is 5.74.